The molecule has 3 aromatic rings. The number of aliphatic hydroxyl groups excluding tert-OH is 3. The molecule has 3 heterocycles. The van der Waals surface area contributed by atoms with E-state index in [1.807, 2.05) is 45.0 Å². The van der Waals surface area contributed by atoms with Gasteiger partial charge in [0.05, 0.1) is 42.8 Å². The van der Waals surface area contributed by atoms with Crippen LogP contribution in [0.5, 0.6) is 0 Å². The van der Waals surface area contributed by atoms with Crippen molar-refractivity contribution < 1.29 is 38.3 Å². The van der Waals surface area contributed by atoms with Crippen LogP contribution >= 0.6 is 10.9 Å². The van der Waals surface area contributed by atoms with Crippen LogP contribution in [0.4, 0.5) is 13.2 Å². The molecule has 12 heteroatoms. The van der Waals surface area contributed by atoms with Crippen molar-refractivity contribution in [2.75, 3.05) is 19.0 Å². The molecule has 5 rings (SSSR count). The zero-order valence-electron chi connectivity index (χ0n) is 23.1. The van der Waals surface area contributed by atoms with Gasteiger partial charge >= 0.3 is 0 Å². The summed E-state index contributed by atoms with van der Waals surface area (Å²) >= 11 is 0. The quantitative estimate of drug-likeness (QED) is 0.219. The molecule has 0 aliphatic carbocycles. The zero-order valence-corrected chi connectivity index (χ0v) is 24.0. The van der Waals surface area contributed by atoms with E-state index in [2.05, 4.69) is 10.3 Å². The van der Waals surface area contributed by atoms with E-state index >= 15 is 0 Å². The van der Waals surface area contributed by atoms with Crippen molar-refractivity contribution in [3.8, 4) is 11.3 Å². The number of hydrogen-bond donors (Lipinski definition) is 5. The molecule has 4 N–H and O–H groups in total. The number of halogens is 3. The monoisotopic (exact) mass is 595 g/mol. The van der Waals surface area contributed by atoms with Crippen LogP contribution in [0.15, 0.2) is 42.6 Å². The molecule has 2 saturated heterocycles. The Morgan fingerprint density at radius 2 is 1.83 bits per heavy atom. The molecule has 2 fully saturated rings. The largest absolute Gasteiger partial charge is 0.395 e. The molecule has 0 amide bonds. The van der Waals surface area contributed by atoms with Crippen LogP contribution in [0.25, 0.3) is 11.3 Å². The fourth-order valence-electron chi connectivity index (χ4n) is 6.50. The topological polar surface area (TPSA) is 121 Å². The molecule has 1 aromatic heterocycles. The van der Waals surface area contributed by atoms with Gasteiger partial charge in [-0.25, -0.2) is 28.7 Å². The van der Waals surface area contributed by atoms with Gasteiger partial charge in [-0.3, -0.25) is 0 Å². The summed E-state index contributed by atoms with van der Waals surface area (Å²) in [6.07, 6.45) is -0.409. The lowest BCUT2D eigenvalue weighted by Crippen LogP contribution is -2.55. The molecular formula is C29H36F3N3O5S. The second kappa shape index (κ2) is 11.3. The standard InChI is InChI=1S/C29H36F3N3O5S/c1-16-6-4-5-7-18(16)27(29(39)8-9-40-28(2,3)15-29)41-14-22(37)25(26(38)23(41)13-36)35-12-21(33-34-35)17-10-19(30)24(32)20(31)11-17/h4-7,10-12,22-23,25-27,36-39,41H,8-9,13-15H2,1-3H3/t22-,23+,25-,26-,27+,29-/m0/s1. The number of aryl methyl sites for hydroxylation is 1. The van der Waals surface area contributed by atoms with Crippen LogP contribution in [-0.4, -0.2) is 83.0 Å². The number of aromatic nitrogens is 3. The third kappa shape index (κ3) is 5.65. The van der Waals surface area contributed by atoms with E-state index in [-0.39, 0.29) is 17.0 Å². The van der Waals surface area contributed by atoms with E-state index in [1.54, 1.807) is 0 Å². The first-order valence-corrected chi connectivity index (χ1v) is 15.2. The van der Waals surface area contributed by atoms with Crippen molar-refractivity contribution in [3.63, 3.8) is 0 Å². The molecule has 41 heavy (non-hydrogen) atoms. The van der Waals surface area contributed by atoms with E-state index in [9.17, 15) is 33.6 Å². The van der Waals surface area contributed by atoms with Crippen LogP contribution in [0.1, 0.15) is 49.1 Å². The minimum Gasteiger partial charge on any atom is -0.395 e. The van der Waals surface area contributed by atoms with Gasteiger partial charge in [0.15, 0.2) is 17.5 Å². The molecular weight excluding hydrogens is 559 g/mol. The van der Waals surface area contributed by atoms with Gasteiger partial charge in [0.25, 0.3) is 0 Å². The SMILES string of the molecule is Cc1ccccc1[C@@H]([SH]1C[C@H](O)[C@H](n2cc(-c3cc(F)c(F)c(F)c3)nn2)[C@@H](O)[C@H]1CO)[C@]1(O)CCOC(C)(C)C1. The van der Waals surface area contributed by atoms with Crippen molar-refractivity contribution in [2.24, 2.45) is 0 Å². The lowest BCUT2D eigenvalue weighted by molar-refractivity contribution is -0.145. The normalized spacial score (nSPS) is 31.6. The highest BCUT2D eigenvalue weighted by Crippen LogP contribution is 2.60. The molecule has 7 atom stereocenters. The Morgan fingerprint density at radius 1 is 1.15 bits per heavy atom. The number of thiol groups is 1. The van der Waals surface area contributed by atoms with E-state index in [4.69, 9.17) is 4.74 Å². The van der Waals surface area contributed by atoms with Gasteiger partial charge in [0.1, 0.15) is 11.7 Å². The van der Waals surface area contributed by atoms with Gasteiger partial charge in [-0.05, 0) is 44.0 Å². The van der Waals surface area contributed by atoms with Gasteiger partial charge < -0.3 is 25.2 Å². The number of rotatable bonds is 6. The van der Waals surface area contributed by atoms with Crippen LogP contribution < -0.4 is 0 Å². The van der Waals surface area contributed by atoms with E-state index in [0.717, 1.165) is 23.3 Å². The lowest BCUT2D eigenvalue weighted by Gasteiger charge is -2.54. The Balaban J connectivity index is 1.51. The first-order chi connectivity index (χ1) is 19.3. The fraction of sp³-hybridized carbons (Fsp3) is 0.517. The Labute approximate surface area is 239 Å². The van der Waals surface area contributed by atoms with Gasteiger partial charge in [0, 0.05) is 34.7 Å². The summed E-state index contributed by atoms with van der Waals surface area (Å²) in [4.78, 5) is 0. The molecule has 0 saturated carbocycles. The highest BCUT2D eigenvalue weighted by Gasteiger charge is 2.53. The minimum absolute atomic E-state index is 0.0205. The number of hydrogen-bond acceptors (Lipinski definition) is 7. The second-order valence-electron chi connectivity index (χ2n) is 11.7. The summed E-state index contributed by atoms with van der Waals surface area (Å²) in [7, 11) is -1.41. The minimum atomic E-state index is -1.60. The predicted octanol–water partition coefficient (Wildman–Crippen LogP) is 3.37. The molecule has 2 aliphatic heterocycles. The maximum Gasteiger partial charge on any atom is 0.194 e. The first-order valence-electron chi connectivity index (χ1n) is 13.6. The maximum absolute atomic E-state index is 13.8. The summed E-state index contributed by atoms with van der Waals surface area (Å²) in [6, 6.07) is 8.26. The van der Waals surface area contributed by atoms with Crippen LogP contribution in [0, 0.1) is 24.4 Å². The van der Waals surface area contributed by atoms with Gasteiger partial charge in [-0.15, -0.1) is 5.10 Å². The molecule has 0 spiro atoms. The molecule has 2 aromatic carbocycles. The Kier molecular flexibility index (Phi) is 8.27. The maximum atomic E-state index is 13.8. The molecule has 224 valence electrons. The lowest BCUT2D eigenvalue weighted by atomic mass is 9.79. The van der Waals surface area contributed by atoms with Gasteiger partial charge in [0.2, 0.25) is 0 Å². The summed E-state index contributed by atoms with van der Waals surface area (Å²) in [5, 5.41) is 52.6. The summed E-state index contributed by atoms with van der Waals surface area (Å²) < 4.78 is 48.2. The van der Waals surface area contributed by atoms with E-state index in [0.29, 0.717) is 19.4 Å². The Morgan fingerprint density at radius 3 is 2.46 bits per heavy atom. The van der Waals surface area contributed by atoms with Crippen LogP contribution in [-0.2, 0) is 4.74 Å². The molecule has 0 radical (unpaired) electrons. The van der Waals surface area contributed by atoms with Crippen LogP contribution in [0.2, 0.25) is 0 Å². The number of nitrogens with zero attached hydrogens (tertiary/aromatic N) is 3. The number of aliphatic hydroxyl groups is 4. The van der Waals surface area contributed by atoms with Crippen molar-refractivity contribution in [1.29, 1.82) is 0 Å². The third-order valence-corrected chi connectivity index (χ3v) is 11.9. The zero-order chi connectivity index (χ0) is 29.7. The first kappa shape index (κ1) is 30.0. The molecule has 2 aliphatic rings. The highest BCUT2D eigenvalue weighted by atomic mass is 32.2. The highest BCUT2D eigenvalue weighted by molar-refractivity contribution is 8.18. The fourth-order valence-corrected chi connectivity index (χ4v) is 10.3. The smallest absolute Gasteiger partial charge is 0.194 e. The summed E-state index contributed by atoms with van der Waals surface area (Å²) in [5.41, 5.74) is 0.0172. The van der Waals surface area contributed by atoms with Crippen LogP contribution in [0.3, 0.4) is 0 Å². The second-order valence-corrected chi connectivity index (χ2v) is 14.3. The molecule has 0 bridgehead atoms. The number of benzene rings is 2. The van der Waals surface area contributed by atoms with Gasteiger partial charge in [-0.1, -0.05) is 29.5 Å². The Bertz CT molecular complexity index is 1380. The van der Waals surface area contributed by atoms with Crippen molar-refractivity contribution in [3.05, 3.63) is 71.2 Å². The van der Waals surface area contributed by atoms with E-state index in [1.165, 1.54) is 10.9 Å². The van der Waals surface area contributed by atoms with Crippen molar-refractivity contribution in [2.45, 2.75) is 73.6 Å². The number of ether oxygens (including phenoxy) is 1. The molecule has 8 nitrogen and oxygen atoms in total. The van der Waals surface area contributed by atoms with Crippen molar-refractivity contribution in [1.82, 2.24) is 15.0 Å². The molecule has 1 unspecified atom stereocenters. The Hall–Kier alpha value is -2.48. The van der Waals surface area contributed by atoms with E-state index < -0.39 is 74.9 Å². The summed E-state index contributed by atoms with van der Waals surface area (Å²) in [6.45, 7) is 5.75. The van der Waals surface area contributed by atoms with Gasteiger partial charge in [-0.2, -0.15) is 0 Å². The average molecular weight is 596 g/mol. The predicted molar refractivity (Wildman–Crippen MR) is 149 cm³/mol. The van der Waals surface area contributed by atoms with Crippen molar-refractivity contribution >= 4 is 10.9 Å². The average Bonchev–Trinajstić information content (AvgIpc) is 3.37. The summed E-state index contributed by atoms with van der Waals surface area (Å²) in [5.74, 6) is -4.18. The third-order valence-electron chi connectivity index (χ3n) is 8.33.